The average molecular weight is 370 g/mol. The number of alkyl carbamates (subject to hydrolysis) is 1. The predicted octanol–water partition coefficient (Wildman–Crippen LogP) is 1.64. The van der Waals surface area contributed by atoms with Crippen molar-refractivity contribution >= 4 is 30.3 Å². The number of benzene rings is 1. The third-order valence-electron chi connectivity index (χ3n) is 4.04. The Balaban J connectivity index is 0.00000312. The van der Waals surface area contributed by atoms with Crippen LogP contribution in [0.2, 0.25) is 0 Å². The van der Waals surface area contributed by atoms with Crippen molar-refractivity contribution in [1.29, 1.82) is 0 Å². The minimum atomic E-state index is -0.984. The third-order valence-corrected chi connectivity index (χ3v) is 4.04. The molecule has 1 atom stereocenters. The number of halogens is 1. The topological polar surface area (TPSA) is 111 Å². The molecule has 0 aromatic heterocycles. The van der Waals surface area contributed by atoms with Crippen LogP contribution in [0.3, 0.4) is 0 Å². The fraction of sp³-hybridized carbons (Fsp3) is 0.471. The summed E-state index contributed by atoms with van der Waals surface area (Å²) in [6.45, 7) is 0.678. The van der Waals surface area contributed by atoms with Crippen LogP contribution in [0.15, 0.2) is 30.3 Å². The van der Waals surface area contributed by atoms with Crippen LogP contribution in [0.1, 0.15) is 37.7 Å². The van der Waals surface area contributed by atoms with Crippen LogP contribution in [0.5, 0.6) is 0 Å². The summed E-state index contributed by atoms with van der Waals surface area (Å²) in [7, 11) is 0. The molecule has 1 aliphatic heterocycles. The molecule has 1 saturated heterocycles. The van der Waals surface area contributed by atoms with Gasteiger partial charge in [0.05, 0.1) is 5.54 Å². The van der Waals surface area contributed by atoms with Gasteiger partial charge in [-0.1, -0.05) is 30.3 Å². The van der Waals surface area contributed by atoms with Gasteiger partial charge < -0.3 is 15.8 Å². The summed E-state index contributed by atoms with van der Waals surface area (Å²) in [5.74, 6) is -0.683. The molecule has 1 aromatic carbocycles. The summed E-state index contributed by atoms with van der Waals surface area (Å²) in [6.07, 6.45) is 2.00. The number of ether oxygens (including phenoxy) is 1. The molecule has 25 heavy (non-hydrogen) atoms. The highest BCUT2D eigenvalue weighted by Gasteiger charge is 2.38. The fourth-order valence-electron chi connectivity index (χ4n) is 2.53. The molecule has 2 rings (SSSR count). The molecule has 0 radical (unpaired) electrons. The second-order valence-corrected chi connectivity index (χ2v) is 5.98. The van der Waals surface area contributed by atoms with Gasteiger partial charge in [-0.3, -0.25) is 14.9 Å². The average Bonchev–Trinajstić information content (AvgIpc) is 2.58. The standard InChI is InChI=1S/C17H23N3O4.ClH/c18-17(10-8-14(21)20-15(17)22)9-4-5-11-19-16(23)24-12-13-6-2-1-3-7-13;/h1-3,6-7H,4-5,8-12,18H2,(H,19,23)(H,20,21,22);1H. The minimum Gasteiger partial charge on any atom is -0.445 e. The van der Waals surface area contributed by atoms with E-state index in [1.165, 1.54) is 0 Å². The fourth-order valence-corrected chi connectivity index (χ4v) is 2.53. The maximum absolute atomic E-state index is 11.8. The van der Waals surface area contributed by atoms with Crippen LogP contribution < -0.4 is 16.4 Å². The zero-order valence-corrected chi connectivity index (χ0v) is 14.8. The predicted molar refractivity (Wildman–Crippen MR) is 95.0 cm³/mol. The Morgan fingerprint density at radius 1 is 1.24 bits per heavy atom. The van der Waals surface area contributed by atoms with E-state index in [0.29, 0.717) is 32.2 Å². The smallest absolute Gasteiger partial charge is 0.407 e. The molecule has 1 aliphatic rings. The second kappa shape index (κ2) is 10.0. The van der Waals surface area contributed by atoms with Crippen molar-refractivity contribution in [2.45, 2.75) is 44.2 Å². The Morgan fingerprint density at radius 2 is 1.96 bits per heavy atom. The van der Waals surface area contributed by atoms with E-state index in [4.69, 9.17) is 10.5 Å². The SMILES string of the molecule is Cl.NC1(CCCCNC(=O)OCc2ccccc2)CCC(=O)NC1=O. The van der Waals surface area contributed by atoms with Gasteiger partial charge in [0.2, 0.25) is 11.8 Å². The van der Waals surface area contributed by atoms with Crippen LogP contribution in [0, 0.1) is 0 Å². The van der Waals surface area contributed by atoms with Gasteiger partial charge in [-0.25, -0.2) is 4.79 Å². The zero-order valence-electron chi connectivity index (χ0n) is 14.0. The number of hydrogen-bond acceptors (Lipinski definition) is 5. The van der Waals surface area contributed by atoms with Crippen molar-refractivity contribution in [3.05, 3.63) is 35.9 Å². The van der Waals surface area contributed by atoms with Crippen LogP contribution >= 0.6 is 12.4 Å². The molecular weight excluding hydrogens is 346 g/mol. The first-order valence-corrected chi connectivity index (χ1v) is 8.07. The molecule has 3 amide bonds. The number of nitrogens with two attached hydrogens (primary N) is 1. The number of imide groups is 1. The van der Waals surface area contributed by atoms with Crippen LogP contribution in [0.4, 0.5) is 4.79 Å². The van der Waals surface area contributed by atoms with Gasteiger partial charge in [0.1, 0.15) is 6.61 Å². The summed E-state index contributed by atoms with van der Waals surface area (Å²) < 4.78 is 5.10. The Morgan fingerprint density at radius 3 is 2.64 bits per heavy atom. The second-order valence-electron chi connectivity index (χ2n) is 5.98. The molecule has 138 valence electrons. The zero-order chi connectivity index (χ0) is 17.4. The number of piperidine rings is 1. The highest BCUT2D eigenvalue weighted by molar-refractivity contribution is 6.02. The molecule has 1 heterocycles. The first-order chi connectivity index (χ1) is 11.5. The lowest BCUT2D eigenvalue weighted by Gasteiger charge is -2.31. The highest BCUT2D eigenvalue weighted by Crippen LogP contribution is 2.21. The van der Waals surface area contributed by atoms with Gasteiger partial charge in [-0.15, -0.1) is 12.4 Å². The molecule has 1 aromatic rings. The van der Waals surface area contributed by atoms with Crippen molar-refractivity contribution in [2.24, 2.45) is 5.73 Å². The number of carbonyl (C=O) groups is 3. The molecular formula is C17H24ClN3O4. The molecule has 8 heteroatoms. The quantitative estimate of drug-likeness (QED) is 0.500. The molecule has 7 nitrogen and oxygen atoms in total. The lowest BCUT2D eigenvalue weighted by atomic mass is 9.85. The number of carbonyl (C=O) groups excluding carboxylic acids is 3. The van der Waals surface area contributed by atoms with Gasteiger partial charge in [-0.2, -0.15) is 0 Å². The van der Waals surface area contributed by atoms with Gasteiger partial charge in [0, 0.05) is 13.0 Å². The molecule has 4 N–H and O–H groups in total. The van der Waals surface area contributed by atoms with Crippen molar-refractivity contribution < 1.29 is 19.1 Å². The summed E-state index contributed by atoms with van der Waals surface area (Å²) in [4.78, 5) is 34.5. The van der Waals surface area contributed by atoms with Crippen LogP contribution in [0.25, 0.3) is 0 Å². The monoisotopic (exact) mass is 369 g/mol. The van der Waals surface area contributed by atoms with E-state index >= 15 is 0 Å². The van der Waals surface area contributed by atoms with Gasteiger partial charge in [-0.05, 0) is 31.2 Å². The summed E-state index contributed by atoms with van der Waals surface area (Å²) in [5, 5.41) is 4.93. The van der Waals surface area contributed by atoms with E-state index in [0.717, 1.165) is 5.56 Å². The number of amides is 3. The van der Waals surface area contributed by atoms with Crippen molar-refractivity contribution in [1.82, 2.24) is 10.6 Å². The number of rotatable bonds is 7. The lowest BCUT2D eigenvalue weighted by molar-refractivity contribution is -0.137. The molecule has 1 unspecified atom stereocenters. The van der Waals surface area contributed by atoms with Gasteiger partial charge in [0.15, 0.2) is 0 Å². The summed E-state index contributed by atoms with van der Waals surface area (Å²) in [5.41, 5.74) is 5.98. The molecule has 1 fully saturated rings. The van der Waals surface area contributed by atoms with Gasteiger partial charge in [0.25, 0.3) is 0 Å². The molecule has 0 bridgehead atoms. The molecule has 0 spiro atoms. The highest BCUT2D eigenvalue weighted by atomic mass is 35.5. The van der Waals surface area contributed by atoms with Crippen LogP contribution in [-0.2, 0) is 20.9 Å². The third kappa shape index (κ3) is 6.72. The first-order valence-electron chi connectivity index (χ1n) is 8.07. The Bertz CT molecular complexity index is 597. The van der Waals surface area contributed by atoms with Crippen molar-refractivity contribution in [2.75, 3.05) is 6.54 Å². The minimum absolute atomic E-state index is 0. The van der Waals surface area contributed by atoms with E-state index in [1.807, 2.05) is 30.3 Å². The maximum atomic E-state index is 11.8. The molecule has 0 saturated carbocycles. The van der Waals surface area contributed by atoms with E-state index in [2.05, 4.69) is 10.6 Å². The van der Waals surface area contributed by atoms with E-state index < -0.39 is 17.5 Å². The lowest BCUT2D eigenvalue weighted by Crippen LogP contribution is -2.59. The van der Waals surface area contributed by atoms with Crippen molar-refractivity contribution in [3.63, 3.8) is 0 Å². The number of nitrogens with one attached hydrogen (secondary N) is 2. The number of hydrogen-bond donors (Lipinski definition) is 3. The normalized spacial score (nSPS) is 19.6. The Hall–Kier alpha value is -2.12. The van der Waals surface area contributed by atoms with Crippen LogP contribution in [-0.4, -0.2) is 30.0 Å². The molecule has 0 aliphatic carbocycles. The summed E-state index contributed by atoms with van der Waals surface area (Å²) in [6, 6.07) is 9.43. The van der Waals surface area contributed by atoms with Crippen molar-refractivity contribution in [3.8, 4) is 0 Å². The van der Waals surface area contributed by atoms with E-state index in [1.54, 1.807) is 0 Å². The van der Waals surface area contributed by atoms with E-state index in [9.17, 15) is 14.4 Å². The Kier molecular flexibility index (Phi) is 8.37. The van der Waals surface area contributed by atoms with Gasteiger partial charge >= 0.3 is 6.09 Å². The first kappa shape index (κ1) is 20.9. The maximum Gasteiger partial charge on any atom is 0.407 e. The summed E-state index contributed by atoms with van der Waals surface area (Å²) >= 11 is 0. The Labute approximate surface area is 153 Å². The number of unbranched alkanes of at least 4 members (excludes halogenated alkanes) is 1. The van der Waals surface area contributed by atoms with E-state index in [-0.39, 0.29) is 31.3 Å². The largest absolute Gasteiger partial charge is 0.445 e.